The number of aromatic nitrogens is 2. The fourth-order valence-corrected chi connectivity index (χ4v) is 2.85. The Labute approximate surface area is 149 Å². The van der Waals surface area contributed by atoms with Crippen molar-refractivity contribution in [3.8, 4) is 0 Å². The van der Waals surface area contributed by atoms with Gasteiger partial charge in [-0.15, -0.1) is 0 Å². The van der Waals surface area contributed by atoms with Gasteiger partial charge in [-0.25, -0.2) is 4.68 Å². The number of H-pyrrole nitrogens is 1. The molecule has 136 valence electrons. The molecule has 3 rings (SSSR count). The van der Waals surface area contributed by atoms with Crippen LogP contribution in [0.1, 0.15) is 25.5 Å². The molecule has 0 bridgehead atoms. The first-order chi connectivity index (χ1) is 12.5. The lowest BCUT2D eigenvalue weighted by molar-refractivity contribution is -0.122. The van der Waals surface area contributed by atoms with Gasteiger partial charge < -0.3 is 9.73 Å². The highest BCUT2D eigenvalue weighted by Crippen LogP contribution is 2.06. The first kappa shape index (κ1) is 17.7. The summed E-state index contributed by atoms with van der Waals surface area (Å²) in [6.45, 7) is 2.04. The van der Waals surface area contributed by atoms with Crippen LogP contribution in [0.3, 0.4) is 0 Å². The first-order valence-corrected chi connectivity index (χ1v) is 8.58. The van der Waals surface area contributed by atoms with Gasteiger partial charge in [0, 0.05) is 18.9 Å². The number of hydrogen-bond donors (Lipinski definition) is 2. The highest BCUT2D eigenvalue weighted by molar-refractivity contribution is 5.80. The van der Waals surface area contributed by atoms with Gasteiger partial charge >= 0.3 is 0 Å². The summed E-state index contributed by atoms with van der Waals surface area (Å²) in [7, 11) is 0. The SMILES string of the molecule is C[C@H](CCc1ccco1)NC(=O)CCn1[nH]c(=O)c2ccccc2c1=O. The number of aromatic amines is 1. The second-order valence-corrected chi connectivity index (χ2v) is 6.28. The van der Waals surface area contributed by atoms with E-state index >= 15 is 0 Å². The summed E-state index contributed by atoms with van der Waals surface area (Å²) in [5, 5.41) is 6.13. The molecule has 0 fully saturated rings. The lowest BCUT2D eigenvalue weighted by Crippen LogP contribution is -2.35. The first-order valence-electron chi connectivity index (χ1n) is 8.58. The van der Waals surface area contributed by atoms with Gasteiger partial charge in [0.1, 0.15) is 5.76 Å². The van der Waals surface area contributed by atoms with Crippen molar-refractivity contribution in [1.29, 1.82) is 0 Å². The molecule has 2 heterocycles. The van der Waals surface area contributed by atoms with Gasteiger partial charge in [0.15, 0.2) is 0 Å². The third-order valence-corrected chi connectivity index (χ3v) is 4.26. The van der Waals surface area contributed by atoms with Crippen molar-refractivity contribution in [1.82, 2.24) is 15.1 Å². The van der Waals surface area contributed by atoms with Crippen molar-refractivity contribution in [3.63, 3.8) is 0 Å². The standard InChI is InChI=1S/C19H21N3O4/c1-13(8-9-14-5-4-12-26-14)20-17(23)10-11-22-19(25)16-7-3-2-6-15(16)18(24)21-22/h2-7,12-13H,8-11H2,1H3,(H,20,23)(H,21,24)/t13-/m1/s1. The third kappa shape index (κ3) is 4.11. The van der Waals surface area contributed by atoms with Gasteiger partial charge in [-0.3, -0.25) is 19.5 Å². The minimum Gasteiger partial charge on any atom is -0.469 e. The minimum atomic E-state index is -0.340. The average Bonchev–Trinajstić information content (AvgIpc) is 3.15. The van der Waals surface area contributed by atoms with E-state index in [2.05, 4.69) is 10.4 Å². The lowest BCUT2D eigenvalue weighted by atomic mass is 10.1. The molecule has 2 N–H and O–H groups in total. The maximum atomic E-state index is 12.4. The molecule has 0 aliphatic rings. The number of aryl methyl sites for hydroxylation is 2. The van der Waals surface area contributed by atoms with Crippen LogP contribution >= 0.6 is 0 Å². The van der Waals surface area contributed by atoms with Crippen molar-refractivity contribution in [2.24, 2.45) is 0 Å². The predicted molar refractivity (Wildman–Crippen MR) is 98.1 cm³/mol. The number of carbonyl (C=O) groups is 1. The Bertz CT molecular complexity index is 1000. The minimum absolute atomic E-state index is 0.0139. The molecule has 0 aliphatic heterocycles. The summed E-state index contributed by atoms with van der Waals surface area (Å²) in [5.41, 5.74) is -0.647. The van der Waals surface area contributed by atoms with E-state index in [1.807, 2.05) is 19.1 Å². The smallest absolute Gasteiger partial charge is 0.273 e. The molecular weight excluding hydrogens is 334 g/mol. The highest BCUT2D eigenvalue weighted by Gasteiger charge is 2.11. The van der Waals surface area contributed by atoms with Crippen molar-refractivity contribution in [2.75, 3.05) is 0 Å². The summed E-state index contributed by atoms with van der Waals surface area (Å²) >= 11 is 0. The van der Waals surface area contributed by atoms with Crippen LogP contribution in [0, 0.1) is 0 Å². The molecule has 1 aromatic carbocycles. The van der Waals surface area contributed by atoms with E-state index in [9.17, 15) is 14.4 Å². The van der Waals surface area contributed by atoms with Gasteiger partial charge in [-0.1, -0.05) is 12.1 Å². The van der Waals surface area contributed by atoms with Crippen LogP contribution < -0.4 is 16.4 Å². The molecular formula is C19H21N3O4. The van der Waals surface area contributed by atoms with Crippen molar-refractivity contribution >= 4 is 16.7 Å². The molecule has 0 aliphatic carbocycles. The number of benzene rings is 1. The average molecular weight is 355 g/mol. The predicted octanol–water partition coefficient (Wildman–Crippen LogP) is 1.81. The molecule has 0 radical (unpaired) electrons. The zero-order chi connectivity index (χ0) is 18.5. The molecule has 3 aromatic rings. The molecule has 0 spiro atoms. The van der Waals surface area contributed by atoms with Crippen molar-refractivity contribution in [2.45, 2.75) is 38.8 Å². The number of amides is 1. The quantitative estimate of drug-likeness (QED) is 0.675. The van der Waals surface area contributed by atoms with Crippen LogP contribution in [0.4, 0.5) is 0 Å². The zero-order valence-electron chi connectivity index (χ0n) is 14.5. The van der Waals surface area contributed by atoms with E-state index in [-0.39, 0.29) is 36.0 Å². The normalized spacial score (nSPS) is 12.2. The van der Waals surface area contributed by atoms with Crippen LogP contribution in [-0.4, -0.2) is 21.7 Å². The van der Waals surface area contributed by atoms with Crippen LogP contribution in [0.5, 0.6) is 0 Å². The maximum Gasteiger partial charge on any atom is 0.273 e. The van der Waals surface area contributed by atoms with E-state index in [4.69, 9.17) is 4.42 Å². The Balaban J connectivity index is 1.57. The number of nitrogens with zero attached hydrogens (tertiary/aromatic N) is 1. The Morgan fingerprint density at radius 1 is 1.19 bits per heavy atom. The summed E-state index contributed by atoms with van der Waals surface area (Å²) < 4.78 is 6.46. The Hall–Kier alpha value is -3.09. The lowest BCUT2D eigenvalue weighted by Gasteiger charge is -2.13. The van der Waals surface area contributed by atoms with Gasteiger partial charge in [-0.05, 0) is 37.6 Å². The number of carbonyl (C=O) groups excluding carboxylic acids is 1. The van der Waals surface area contributed by atoms with Crippen LogP contribution in [0.2, 0.25) is 0 Å². The van der Waals surface area contributed by atoms with E-state index in [1.54, 1.807) is 30.5 Å². The summed E-state index contributed by atoms with van der Waals surface area (Å²) in [6.07, 6.45) is 3.23. The molecule has 7 heteroatoms. The summed E-state index contributed by atoms with van der Waals surface area (Å²) in [6, 6.07) is 10.4. The molecule has 2 aromatic heterocycles. The molecule has 0 saturated heterocycles. The van der Waals surface area contributed by atoms with Crippen LogP contribution in [-0.2, 0) is 17.8 Å². The third-order valence-electron chi connectivity index (χ3n) is 4.26. The summed E-state index contributed by atoms with van der Waals surface area (Å²) in [4.78, 5) is 36.6. The number of furan rings is 1. The number of fused-ring (bicyclic) bond motifs is 1. The van der Waals surface area contributed by atoms with Crippen molar-refractivity contribution < 1.29 is 9.21 Å². The molecule has 26 heavy (non-hydrogen) atoms. The topological polar surface area (TPSA) is 97.1 Å². The van der Waals surface area contributed by atoms with E-state index in [0.717, 1.165) is 18.6 Å². The number of hydrogen-bond acceptors (Lipinski definition) is 4. The van der Waals surface area contributed by atoms with E-state index in [1.165, 1.54) is 4.68 Å². The second-order valence-electron chi connectivity index (χ2n) is 6.28. The molecule has 0 saturated carbocycles. The van der Waals surface area contributed by atoms with E-state index in [0.29, 0.717) is 10.8 Å². The fraction of sp³-hybridized carbons (Fsp3) is 0.316. The molecule has 7 nitrogen and oxygen atoms in total. The Kier molecular flexibility index (Phi) is 5.36. The largest absolute Gasteiger partial charge is 0.469 e. The van der Waals surface area contributed by atoms with Gasteiger partial charge in [-0.2, -0.15) is 0 Å². The number of rotatable bonds is 7. The summed E-state index contributed by atoms with van der Waals surface area (Å²) in [5.74, 6) is 0.712. The monoisotopic (exact) mass is 355 g/mol. The van der Waals surface area contributed by atoms with Crippen LogP contribution in [0.25, 0.3) is 10.8 Å². The molecule has 1 atom stereocenters. The second kappa shape index (κ2) is 7.86. The Morgan fingerprint density at radius 2 is 1.96 bits per heavy atom. The zero-order valence-corrected chi connectivity index (χ0v) is 14.5. The number of nitrogens with one attached hydrogen (secondary N) is 2. The van der Waals surface area contributed by atoms with Gasteiger partial charge in [0.05, 0.1) is 23.6 Å². The van der Waals surface area contributed by atoms with Gasteiger partial charge in [0.2, 0.25) is 5.91 Å². The Morgan fingerprint density at radius 3 is 2.69 bits per heavy atom. The van der Waals surface area contributed by atoms with Crippen LogP contribution in [0.15, 0.2) is 56.7 Å². The highest BCUT2D eigenvalue weighted by atomic mass is 16.3. The maximum absolute atomic E-state index is 12.4. The fourth-order valence-electron chi connectivity index (χ4n) is 2.85. The van der Waals surface area contributed by atoms with E-state index < -0.39 is 0 Å². The van der Waals surface area contributed by atoms with Gasteiger partial charge in [0.25, 0.3) is 11.1 Å². The molecule has 0 unspecified atom stereocenters. The molecule has 1 amide bonds. The van der Waals surface area contributed by atoms with Crippen molar-refractivity contribution in [3.05, 3.63) is 69.1 Å².